The lowest BCUT2D eigenvalue weighted by molar-refractivity contribution is 0.302. The first-order chi connectivity index (χ1) is 9.40. The second-order valence-electron chi connectivity index (χ2n) is 4.30. The largest absolute Gasteiger partial charge is 0.489 e. The molecule has 0 saturated carbocycles. The Morgan fingerprint density at radius 1 is 1.00 bits per heavy atom. The van der Waals surface area contributed by atoms with Gasteiger partial charge in [-0.3, -0.25) is 0 Å². The van der Waals surface area contributed by atoms with E-state index in [2.05, 4.69) is 30.1 Å². The number of nitrogens with one attached hydrogen (secondary N) is 1. The average Bonchev–Trinajstić information content (AvgIpc) is 2.48. The summed E-state index contributed by atoms with van der Waals surface area (Å²) in [7, 11) is 0. The van der Waals surface area contributed by atoms with Gasteiger partial charge in [0.2, 0.25) is 0 Å². The van der Waals surface area contributed by atoms with E-state index in [1.165, 1.54) is 11.1 Å². The zero-order valence-electron chi connectivity index (χ0n) is 11.0. The Morgan fingerprint density at radius 2 is 1.74 bits per heavy atom. The summed E-state index contributed by atoms with van der Waals surface area (Å²) in [6, 6.07) is 18.3. The predicted octanol–water partition coefficient (Wildman–Crippen LogP) is 3.54. The van der Waals surface area contributed by atoms with Crippen molar-refractivity contribution in [2.45, 2.75) is 13.2 Å². The molecule has 2 aromatic rings. The van der Waals surface area contributed by atoms with E-state index in [0.717, 1.165) is 18.8 Å². The third kappa shape index (κ3) is 4.27. The zero-order valence-corrected chi connectivity index (χ0v) is 11.0. The minimum atomic E-state index is 0.597. The Balaban J connectivity index is 1.97. The molecular weight excluding hydrogens is 234 g/mol. The monoisotopic (exact) mass is 253 g/mol. The molecule has 0 aliphatic heterocycles. The Bertz CT molecular complexity index is 508. The molecule has 0 aliphatic rings. The number of ether oxygens (including phenoxy) is 1. The van der Waals surface area contributed by atoms with Crippen molar-refractivity contribution in [2.24, 2.45) is 0 Å². The van der Waals surface area contributed by atoms with E-state index >= 15 is 0 Å². The highest BCUT2D eigenvalue weighted by Crippen LogP contribution is 2.19. The molecule has 2 rings (SSSR count). The fraction of sp³-hybridized carbons (Fsp3) is 0.176. The molecule has 0 saturated heterocycles. The molecule has 0 atom stereocenters. The molecule has 0 radical (unpaired) electrons. The topological polar surface area (TPSA) is 21.3 Å². The van der Waals surface area contributed by atoms with E-state index in [4.69, 9.17) is 4.74 Å². The molecule has 0 amide bonds. The van der Waals surface area contributed by atoms with Gasteiger partial charge in [-0.2, -0.15) is 0 Å². The van der Waals surface area contributed by atoms with Crippen LogP contribution in [0.25, 0.3) is 0 Å². The average molecular weight is 253 g/mol. The van der Waals surface area contributed by atoms with E-state index < -0.39 is 0 Å². The normalized spacial score (nSPS) is 10.1. The van der Waals surface area contributed by atoms with Crippen LogP contribution in [-0.2, 0) is 13.2 Å². The van der Waals surface area contributed by atoms with Gasteiger partial charge in [0.05, 0.1) is 0 Å². The van der Waals surface area contributed by atoms with Gasteiger partial charge in [0, 0.05) is 18.7 Å². The van der Waals surface area contributed by atoms with Crippen LogP contribution in [-0.4, -0.2) is 6.54 Å². The van der Waals surface area contributed by atoms with E-state index in [0.29, 0.717) is 6.61 Å². The highest BCUT2D eigenvalue weighted by molar-refractivity contribution is 5.33. The van der Waals surface area contributed by atoms with Gasteiger partial charge in [0.25, 0.3) is 0 Å². The molecule has 98 valence electrons. The lowest BCUT2D eigenvalue weighted by atomic mass is 10.2. The highest BCUT2D eigenvalue weighted by Gasteiger charge is 2.02. The number of hydrogen-bond acceptors (Lipinski definition) is 2. The third-order valence-corrected chi connectivity index (χ3v) is 2.81. The van der Waals surface area contributed by atoms with Gasteiger partial charge >= 0.3 is 0 Å². The highest BCUT2D eigenvalue weighted by atomic mass is 16.5. The molecule has 1 N–H and O–H groups in total. The summed E-state index contributed by atoms with van der Waals surface area (Å²) in [5.41, 5.74) is 2.34. The fourth-order valence-electron chi connectivity index (χ4n) is 1.83. The van der Waals surface area contributed by atoms with Crippen molar-refractivity contribution >= 4 is 0 Å². The first-order valence-electron chi connectivity index (χ1n) is 6.46. The van der Waals surface area contributed by atoms with E-state index in [-0.39, 0.29) is 0 Å². The van der Waals surface area contributed by atoms with Crippen LogP contribution in [0, 0.1) is 0 Å². The van der Waals surface area contributed by atoms with Crippen molar-refractivity contribution in [2.75, 3.05) is 6.54 Å². The molecule has 19 heavy (non-hydrogen) atoms. The summed E-state index contributed by atoms with van der Waals surface area (Å²) in [6.07, 6.45) is 1.85. The van der Waals surface area contributed by atoms with Crippen LogP contribution in [0.3, 0.4) is 0 Å². The van der Waals surface area contributed by atoms with Gasteiger partial charge in [-0.15, -0.1) is 6.58 Å². The SMILES string of the molecule is C=CCNCc1ccccc1OCc1ccccc1. The van der Waals surface area contributed by atoms with Crippen LogP contribution in [0.15, 0.2) is 67.3 Å². The van der Waals surface area contributed by atoms with Crippen molar-refractivity contribution in [3.8, 4) is 5.75 Å². The molecule has 0 aromatic heterocycles. The lowest BCUT2D eigenvalue weighted by Crippen LogP contribution is -2.13. The summed E-state index contributed by atoms with van der Waals surface area (Å²) in [6.45, 7) is 5.88. The van der Waals surface area contributed by atoms with Crippen molar-refractivity contribution in [1.29, 1.82) is 0 Å². The maximum absolute atomic E-state index is 5.89. The second-order valence-corrected chi connectivity index (χ2v) is 4.30. The number of para-hydroxylation sites is 1. The van der Waals surface area contributed by atoms with Gasteiger partial charge in [-0.1, -0.05) is 54.6 Å². The Hall–Kier alpha value is -2.06. The van der Waals surface area contributed by atoms with Gasteiger partial charge in [0.1, 0.15) is 12.4 Å². The molecule has 0 unspecified atom stereocenters. The Morgan fingerprint density at radius 3 is 2.53 bits per heavy atom. The maximum atomic E-state index is 5.89. The van der Waals surface area contributed by atoms with Crippen LogP contribution in [0.4, 0.5) is 0 Å². The van der Waals surface area contributed by atoms with E-state index in [1.807, 2.05) is 42.5 Å². The van der Waals surface area contributed by atoms with Gasteiger partial charge in [-0.25, -0.2) is 0 Å². The van der Waals surface area contributed by atoms with Gasteiger partial charge in [0.15, 0.2) is 0 Å². The minimum absolute atomic E-state index is 0.597. The standard InChI is InChI=1S/C17H19NO/c1-2-12-18-13-16-10-6-7-11-17(16)19-14-15-8-4-3-5-9-15/h2-11,18H,1,12-14H2. The van der Waals surface area contributed by atoms with Crippen LogP contribution < -0.4 is 10.1 Å². The van der Waals surface area contributed by atoms with Gasteiger partial charge in [-0.05, 0) is 11.6 Å². The Labute approximate surface area is 114 Å². The molecule has 0 bridgehead atoms. The summed E-state index contributed by atoms with van der Waals surface area (Å²) in [5, 5.41) is 3.29. The molecular formula is C17H19NO. The third-order valence-electron chi connectivity index (χ3n) is 2.81. The maximum Gasteiger partial charge on any atom is 0.124 e. The first kappa shape index (κ1) is 13.4. The smallest absolute Gasteiger partial charge is 0.124 e. The quantitative estimate of drug-likeness (QED) is 0.602. The van der Waals surface area contributed by atoms with Crippen LogP contribution in [0.2, 0.25) is 0 Å². The second kappa shape index (κ2) is 7.39. The summed E-state index contributed by atoms with van der Waals surface area (Å²) in [4.78, 5) is 0. The molecule has 2 aromatic carbocycles. The zero-order chi connectivity index (χ0) is 13.3. The Kier molecular flexibility index (Phi) is 5.20. The van der Waals surface area contributed by atoms with Crippen molar-refractivity contribution in [3.05, 3.63) is 78.4 Å². The lowest BCUT2D eigenvalue weighted by Gasteiger charge is -2.11. The molecule has 0 aliphatic carbocycles. The van der Waals surface area contributed by atoms with Crippen molar-refractivity contribution in [3.63, 3.8) is 0 Å². The van der Waals surface area contributed by atoms with E-state index in [1.54, 1.807) is 0 Å². The number of benzene rings is 2. The van der Waals surface area contributed by atoms with Crippen LogP contribution in [0.1, 0.15) is 11.1 Å². The number of hydrogen-bond donors (Lipinski definition) is 1. The molecule has 0 spiro atoms. The van der Waals surface area contributed by atoms with Crippen LogP contribution in [0.5, 0.6) is 5.75 Å². The number of rotatable bonds is 7. The van der Waals surface area contributed by atoms with Crippen molar-refractivity contribution < 1.29 is 4.74 Å². The predicted molar refractivity (Wildman–Crippen MR) is 79.1 cm³/mol. The minimum Gasteiger partial charge on any atom is -0.489 e. The molecule has 0 heterocycles. The summed E-state index contributed by atoms with van der Waals surface area (Å²) < 4.78 is 5.89. The fourth-order valence-corrected chi connectivity index (χ4v) is 1.83. The van der Waals surface area contributed by atoms with Gasteiger partial charge < -0.3 is 10.1 Å². The summed E-state index contributed by atoms with van der Waals surface area (Å²) in [5.74, 6) is 0.933. The van der Waals surface area contributed by atoms with Crippen LogP contribution >= 0.6 is 0 Å². The van der Waals surface area contributed by atoms with Crippen molar-refractivity contribution in [1.82, 2.24) is 5.32 Å². The molecule has 0 fully saturated rings. The van der Waals surface area contributed by atoms with E-state index in [9.17, 15) is 0 Å². The first-order valence-corrected chi connectivity index (χ1v) is 6.46. The summed E-state index contributed by atoms with van der Waals surface area (Å²) >= 11 is 0. The molecule has 2 heteroatoms. The molecule has 2 nitrogen and oxygen atoms in total.